The molecule has 0 unspecified atom stereocenters. The number of methoxy groups -OCH3 is 1. The molecule has 0 aliphatic heterocycles. The van der Waals surface area contributed by atoms with E-state index in [0.717, 1.165) is 57.3 Å². The molecule has 0 fully saturated rings. The number of aromatic nitrogens is 3. The van der Waals surface area contributed by atoms with Crippen molar-refractivity contribution in [2.24, 2.45) is 7.05 Å². The third-order valence-corrected chi connectivity index (χ3v) is 7.34. The second-order valence-electron chi connectivity index (χ2n) is 8.00. The summed E-state index contributed by atoms with van der Waals surface area (Å²) in [5.74, 6) is 0.854. The summed E-state index contributed by atoms with van der Waals surface area (Å²) < 4.78 is 33.8. The molecule has 0 amide bonds. The largest absolute Gasteiger partial charge is 0.494 e. The molecule has 7 nitrogen and oxygen atoms in total. The molecule has 0 aliphatic carbocycles. The number of rotatable bonds is 10. The van der Waals surface area contributed by atoms with Crippen LogP contribution in [0.15, 0.2) is 42.3 Å². The Morgan fingerprint density at radius 3 is 2.59 bits per heavy atom. The Kier molecular flexibility index (Phi) is 7.36. The van der Waals surface area contributed by atoms with Crippen LogP contribution in [0.4, 0.5) is 0 Å². The smallest absolute Gasteiger partial charge is 0.235 e. The minimum absolute atomic E-state index is 0.116. The summed E-state index contributed by atoms with van der Waals surface area (Å²) in [4.78, 5) is 0. The standard InChI is InChI=1S/C24H32N4O3S/c1-7-12-28(32(29,30)9-3)16-20-13-18(11-10-17(20)4)21(8-2)19-14-22-24(23(15-19)31-6)27(5)26-25-22/h9-11,13-15,21H,3,7-8,12,16H2,1-2,4-6H3/t21-/m0/s1. The van der Waals surface area contributed by atoms with E-state index in [1.54, 1.807) is 11.8 Å². The van der Waals surface area contributed by atoms with E-state index in [0.29, 0.717) is 13.1 Å². The number of hydrogen-bond donors (Lipinski definition) is 0. The van der Waals surface area contributed by atoms with Gasteiger partial charge >= 0.3 is 0 Å². The molecule has 1 atom stereocenters. The first-order valence-corrected chi connectivity index (χ1v) is 12.3. The van der Waals surface area contributed by atoms with Crippen molar-refractivity contribution in [1.82, 2.24) is 19.3 Å². The monoisotopic (exact) mass is 456 g/mol. The first-order chi connectivity index (χ1) is 15.2. The molecule has 0 bridgehead atoms. The highest BCUT2D eigenvalue weighted by atomic mass is 32.2. The van der Waals surface area contributed by atoms with Gasteiger partial charge in [-0.05, 0) is 54.2 Å². The van der Waals surface area contributed by atoms with Crippen molar-refractivity contribution in [3.8, 4) is 5.75 Å². The topological polar surface area (TPSA) is 77.3 Å². The van der Waals surface area contributed by atoms with Crippen LogP contribution in [-0.4, -0.2) is 41.4 Å². The van der Waals surface area contributed by atoms with Crippen molar-refractivity contribution < 1.29 is 13.2 Å². The van der Waals surface area contributed by atoms with Crippen molar-refractivity contribution in [3.63, 3.8) is 0 Å². The number of fused-ring (bicyclic) bond motifs is 1. The molecular formula is C24H32N4O3S. The van der Waals surface area contributed by atoms with Gasteiger partial charge in [0.25, 0.3) is 0 Å². The Hall–Kier alpha value is -2.71. The van der Waals surface area contributed by atoms with Crippen molar-refractivity contribution in [1.29, 1.82) is 0 Å². The predicted octanol–water partition coefficient (Wildman–Crippen LogP) is 4.51. The fourth-order valence-electron chi connectivity index (χ4n) is 4.12. The maximum absolute atomic E-state index is 12.5. The molecular weight excluding hydrogens is 424 g/mol. The Morgan fingerprint density at radius 2 is 1.97 bits per heavy atom. The number of aryl methyl sites for hydroxylation is 2. The van der Waals surface area contributed by atoms with Gasteiger partial charge in [0, 0.05) is 31.5 Å². The highest BCUT2D eigenvalue weighted by Gasteiger charge is 2.21. The minimum atomic E-state index is -3.50. The number of nitrogens with zero attached hydrogens (tertiary/aromatic N) is 4. The summed E-state index contributed by atoms with van der Waals surface area (Å²) in [5, 5.41) is 9.43. The van der Waals surface area contributed by atoms with E-state index in [4.69, 9.17) is 4.74 Å². The van der Waals surface area contributed by atoms with Gasteiger partial charge in [-0.25, -0.2) is 13.1 Å². The van der Waals surface area contributed by atoms with Crippen LogP contribution in [0.2, 0.25) is 0 Å². The average Bonchev–Trinajstić information content (AvgIpc) is 3.16. The van der Waals surface area contributed by atoms with Crippen LogP contribution in [0.3, 0.4) is 0 Å². The van der Waals surface area contributed by atoms with Crippen molar-refractivity contribution in [3.05, 3.63) is 64.6 Å². The minimum Gasteiger partial charge on any atom is -0.494 e. The van der Waals surface area contributed by atoms with Crippen LogP contribution < -0.4 is 4.74 Å². The van der Waals surface area contributed by atoms with Gasteiger partial charge in [0.15, 0.2) is 0 Å². The van der Waals surface area contributed by atoms with Gasteiger partial charge in [-0.3, -0.25) is 0 Å². The first-order valence-electron chi connectivity index (χ1n) is 10.8. The van der Waals surface area contributed by atoms with Crippen molar-refractivity contribution in [2.45, 2.75) is 46.1 Å². The Balaban J connectivity index is 2.03. The first kappa shape index (κ1) is 23.9. The number of benzene rings is 2. The van der Waals surface area contributed by atoms with Gasteiger partial charge in [0.2, 0.25) is 10.0 Å². The molecule has 3 aromatic rings. The van der Waals surface area contributed by atoms with E-state index >= 15 is 0 Å². The quantitative estimate of drug-likeness (QED) is 0.448. The van der Waals surface area contributed by atoms with Crippen molar-refractivity contribution in [2.75, 3.05) is 13.7 Å². The molecule has 1 aromatic heterocycles. The van der Waals surface area contributed by atoms with Gasteiger partial charge in [0.1, 0.15) is 16.8 Å². The molecule has 0 radical (unpaired) electrons. The maximum atomic E-state index is 12.5. The van der Waals surface area contributed by atoms with Gasteiger partial charge < -0.3 is 4.74 Å². The lowest BCUT2D eigenvalue weighted by atomic mass is 9.87. The van der Waals surface area contributed by atoms with E-state index in [1.165, 1.54) is 4.31 Å². The molecule has 32 heavy (non-hydrogen) atoms. The molecule has 1 heterocycles. The molecule has 0 spiro atoms. The fourth-order valence-corrected chi connectivity index (χ4v) is 5.08. The molecule has 0 saturated heterocycles. The van der Waals surface area contributed by atoms with E-state index in [1.807, 2.05) is 27.0 Å². The number of sulfonamides is 1. The lowest BCUT2D eigenvalue weighted by molar-refractivity contribution is 0.411. The van der Waals surface area contributed by atoms with Crippen LogP contribution >= 0.6 is 0 Å². The Morgan fingerprint density at radius 1 is 1.22 bits per heavy atom. The Bertz CT molecular complexity index is 1220. The highest BCUT2D eigenvalue weighted by molar-refractivity contribution is 7.91. The summed E-state index contributed by atoms with van der Waals surface area (Å²) in [6.07, 6.45) is 1.61. The molecule has 0 aliphatic rings. The van der Waals surface area contributed by atoms with E-state index < -0.39 is 10.0 Å². The number of hydrogen-bond acceptors (Lipinski definition) is 5. The lowest BCUT2D eigenvalue weighted by Gasteiger charge is -2.23. The molecule has 2 aromatic carbocycles. The van der Waals surface area contributed by atoms with Gasteiger partial charge in [-0.15, -0.1) is 5.10 Å². The summed E-state index contributed by atoms with van der Waals surface area (Å²) in [7, 11) is 0.00323. The predicted molar refractivity (Wildman–Crippen MR) is 128 cm³/mol. The highest BCUT2D eigenvalue weighted by Crippen LogP contribution is 2.35. The maximum Gasteiger partial charge on any atom is 0.235 e. The zero-order valence-electron chi connectivity index (χ0n) is 19.5. The van der Waals surface area contributed by atoms with Crippen LogP contribution in [-0.2, 0) is 23.6 Å². The molecule has 172 valence electrons. The van der Waals surface area contributed by atoms with E-state index in [9.17, 15) is 8.42 Å². The second-order valence-corrected chi connectivity index (χ2v) is 9.88. The van der Waals surface area contributed by atoms with E-state index in [2.05, 4.69) is 48.1 Å². The summed E-state index contributed by atoms with van der Waals surface area (Å²) in [5.41, 5.74) is 5.93. The summed E-state index contributed by atoms with van der Waals surface area (Å²) in [6.45, 7) is 10.4. The average molecular weight is 457 g/mol. The SMILES string of the molecule is C=CS(=O)(=O)N(CCC)Cc1cc([C@H](CC)c2cc(OC)c3c(c2)nnn3C)ccc1C. The Labute approximate surface area is 190 Å². The van der Waals surface area contributed by atoms with Crippen LogP contribution in [0, 0.1) is 6.92 Å². The molecule has 0 N–H and O–H groups in total. The van der Waals surface area contributed by atoms with Crippen LogP contribution in [0.25, 0.3) is 11.0 Å². The van der Waals surface area contributed by atoms with Gasteiger partial charge in [-0.1, -0.05) is 43.8 Å². The van der Waals surface area contributed by atoms with E-state index in [-0.39, 0.29) is 5.92 Å². The van der Waals surface area contributed by atoms with Crippen LogP contribution in [0.5, 0.6) is 5.75 Å². The molecule has 3 rings (SSSR count). The number of ether oxygens (including phenoxy) is 1. The van der Waals surface area contributed by atoms with Gasteiger partial charge in [-0.2, -0.15) is 4.31 Å². The summed E-state index contributed by atoms with van der Waals surface area (Å²) >= 11 is 0. The molecule has 0 saturated carbocycles. The third-order valence-electron chi connectivity index (χ3n) is 5.88. The third kappa shape index (κ3) is 4.71. The zero-order valence-corrected chi connectivity index (χ0v) is 20.3. The normalized spacial score (nSPS) is 12.9. The zero-order chi connectivity index (χ0) is 23.5. The van der Waals surface area contributed by atoms with Crippen molar-refractivity contribution >= 4 is 21.1 Å². The second kappa shape index (κ2) is 9.83. The summed E-state index contributed by atoms with van der Waals surface area (Å²) in [6, 6.07) is 10.4. The van der Waals surface area contributed by atoms with Crippen LogP contribution in [0.1, 0.15) is 54.9 Å². The lowest BCUT2D eigenvalue weighted by Crippen LogP contribution is -2.30. The molecule has 8 heteroatoms. The van der Waals surface area contributed by atoms with Gasteiger partial charge in [0.05, 0.1) is 7.11 Å². The fraction of sp³-hybridized carbons (Fsp3) is 0.417.